The monoisotopic (exact) mass is 294 g/mol. The van der Waals surface area contributed by atoms with E-state index in [1.807, 2.05) is 6.07 Å². The second-order valence-electron chi connectivity index (χ2n) is 3.99. The van der Waals surface area contributed by atoms with Gasteiger partial charge in [0, 0.05) is 16.5 Å². The van der Waals surface area contributed by atoms with Gasteiger partial charge in [0.1, 0.15) is 5.75 Å². The maximum atomic E-state index is 5.65. The number of nitrogens with zero attached hydrogens (tertiary/aromatic N) is 3. The number of aromatic nitrogens is 3. The van der Waals surface area contributed by atoms with Crippen LogP contribution in [0.25, 0.3) is 0 Å². The van der Waals surface area contributed by atoms with Crippen LogP contribution in [0.3, 0.4) is 0 Å². The Kier molecular flexibility index (Phi) is 2.51. The van der Waals surface area contributed by atoms with Crippen LogP contribution in [0, 0.1) is 0 Å². The van der Waals surface area contributed by atoms with Crippen molar-refractivity contribution in [2.45, 2.75) is 13.0 Å². The molecule has 0 atom stereocenters. The number of anilines is 1. The van der Waals surface area contributed by atoms with Gasteiger partial charge in [-0.15, -0.1) is 5.10 Å². The first-order valence-electron chi connectivity index (χ1n) is 5.32. The standard InChI is InChI=1S/C11H11BrN4O/c12-9-3-7-1-2-17-11(7)8(4-9)5-16-6-10(13)14-15-16/h3-4,6H,1-2,5,13H2. The molecule has 0 amide bonds. The van der Waals surface area contributed by atoms with Crippen molar-refractivity contribution in [3.05, 3.63) is 33.9 Å². The normalized spacial score (nSPS) is 13.5. The van der Waals surface area contributed by atoms with E-state index in [1.54, 1.807) is 10.9 Å². The quantitative estimate of drug-likeness (QED) is 0.914. The maximum absolute atomic E-state index is 5.65. The highest BCUT2D eigenvalue weighted by Crippen LogP contribution is 2.33. The predicted molar refractivity (Wildman–Crippen MR) is 66.9 cm³/mol. The van der Waals surface area contributed by atoms with Crippen LogP contribution < -0.4 is 10.5 Å². The van der Waals surface area contributed by atoms with E-state index in [0.717, 1.165) is 28.8 Å². The van der Waals surface area contributed by atoms with Crippen molar-refractivity contribution in [2.75, 3.05) is 12.3 Å². The Morgan fingerprint density at radius 3 is 3.12 bits per heavy atom. The average Bonchev–Trinajstić information content (AvgIpc) is 2.87. The third kappa shape index (κ3) is 2.00. The second-order valence-corrected chi connectivity index (χ2v) is 4.91. The van der Waals surface area contributed by atoms with Gasteiger partial charge >= 0.3 is 0 Å². The number of rotatable bonds is 2. The molecule has 17 heavy (non-hydrogen) atoms. The molecule has 5 nitrogen and oxygen atoms in total. The van der Waals surface area contributed by atoms with E-state index in [2.05, 4.69) is 32.3 Å². The van der Waals surface area contributed by atoms with Crippen LogP contribution in [0.1, 0.15) is 11.1 Å². The van der Waals surface area contributed by atoms with Crippen LogP contribution in [0.5, 0.6) is 5.75 Å². The average molecular weight is 295 g/mol. The molecule has 1 aromatic heterocycles. The molecule has 1 aromatic carbocycles. The van der Waals surface area contributed by atoms with Crippen molar-refractivity contribution >= 4 is 21.7 Å². The number of benzene rings is 1. The lowest BCUT2D eigenvalue weighted by molar-refractivity contribution is 0.352. The molecule has 0 bridgehead atoms. The third-order valence-corrected chi connectivity index (χ3v) is 3.17. The van der Waals surface area contributed by atoms with Gasteiger partial charge in [0.15, 0.2) is 5.82 Å². The number of ether oxygens (including phenoxy) is 1. The molecule has 0 unspecified atom stereocenters. The van der Waals surface area contributed by atoms with Gasteiger partial charge in [0.2, 0.25) is 0 Å². The van der Waals surface area contributed by atoms with Crippen LogP contribution in [-0.4, -0.2) is 21.6 Å². The Morgan fingerprint density at radius 1 is 1.47 bits per heavy atom. The fourth-order valence-electron chi connectivity index (χ4n) is 2.03. The number of hydrogen-bond donors (Lipinski definition) is 1. The van der Waals surface area contributed by atoms with Crippen molar-refractivity contribution in [2.24, 2.45) is 0 Å². The summed E-state index contributed by atoms with van der Waals surface area (Å²) in [5.74, 6) is 1.40. The molecule has 1 aliphatic heterocycles. The molecular weight excluding hydrogens is 284 g/mol. The number of nitrogens with two attached hydrogens (primary N) is 1. The van der Waals surface area contributed by atoms with Crippen molar-refractivity contribution in [3.63, 3.8) is 0 Å². The summed E-state index contributed by atoms with van der Waals surface area (Å²) in [7, 11) is 0. The van der Waals surface area contributed by atoms with Crippen LogP contribution in [-0.2, 0) is 13.0 Å². The molecule has 2 N–H and O–H groups in total. The molecule has 0 aliphatic carbocycles. The largest absolute Gasteiger partial charge is 0.493 e. The minimum atomic E-state index is 0.428. The Morgan fingerprint density at radius 2 is 2.35 bits per heavy atom. The van der Waals surface area contributed by atoms with Gasteiger partial charge in [-0.25, -0.2) is 4.68 Å². The van der Waals surface area contributed by atoms with E-state index in [9.17, 15) is 0 Å². The van der Waals surface area contributed by atoms with Gasteiger partial charge in [0.25, 0.3) is 0 Å². The van der Waals surface area contributed by atoms with Crippen molar-refractivity contribution < 1.29 is 4.74 Å². The molecule has 3 rings (SSSR count). The summed E-state index contributed by atoms with van der Waals surface area (Å²) in [5, 5.41) is 7.70. The molecule has 88 valence electrons. The van der Waals surface area contributed by atoms with Crippen LogP contribution in [0.4, 0.5) is 5.82 Å². The molecular formula is C11H11BrN4O. The third-order valence-electron chi connectivity index (χ3n) is 2.71. The fraction of sp³-hybridized carbons (Fsp3) is 0.273. The van der Waals surface area contributed by atoms with E-state index >= 15 is 0 Å². The lowest BCUT2D eigenvalue weighted by Gasteiger charge is -2.08. The Bertz CT molecular complexity index is 567. The van der Waals surface area contributed by atoms with Gasteiger partial charge in [-0.2, -0.15) is 0 Å². The predicted octanol–water partition coefficient (Wildman–Crippen LogP) is 1.61. The van der Waals surface area contributed by atoms with Crippen molar-refractivity contribution in [3.8, 4) is 5.75 Å². The van der Waals surface area contributed by atoms with Crippen molar-refractivity contribution in [1.29, 1.82) is 0 Å². The van der Waals surface area contributed by atoms with E-state index < -0.39 is 0 Å². The summed E-state index contributed by atoms with van der Waals surface area (Å²) >= 11 is 3.51. The zero-order valence-corrected chi connectivity index (χ0v) is 10.6. The highest BCUT2D eigenvalue weighted by atomic mass is 79.9. The van der Waals surface area contributed by atoms with Gasteiger partial charge < -0.3 is 10.5 Å². The molecule has 0 fully saturated rings. The van der Waals surface area contributed by atoms with Gasteiger partial charge in [-0.05, 0) is 17.7 Å². The summed E-state index contributed by atoms with van der Waals surface area (Å²) < 4.78 is 8.42. The highest BCUT2D eigenvalue weighted by Gasteiger charge is 2.17. The van der Waals surface area contributed by atoms with E-state index in [4.69, 9.17) is 10.5 Å². The lowest BCUT2D eigenvalue weighted by atomic mass is 10.1. The number of fused-ring (bicyclic) bond motifs is 1. The van der Waals surface area contributed by atoms with E-state index in [0.29, 0.717) is 12.4 Å². The fourth-order valence-corrected chi connectivity index (χ4v) is 2.58. The summed E-state index contributed by atoms with van der Waals surface area (Å²) in [6, 6.07) is 4.14. The van der Waals surface area contributed by atoms with Crippen LogP contribution in [0.2, 0.25) is 0 Å². The molecule has 2 heterocycles. The second kappa shape index (κ2) is 4.03. The summed E-state index contributed by atoms with van der Waals surface area (Å²) in [6.45, 7) is 1.37. The molecule has 0 saturated carbocycles. The molecule has 0 spiro atoms. The molecule has 0 saturated heterocycles. The minimum Gasteiger partial charge on any atom is -0.493 e. The summed E-state index contributed by atoms with van der Waals surface area (Å²) in [5.41, 5.74) is 7.87. The topological polar surface area (TPSA) is 66.0 Å². The van der Waals surface area contributed by atoms with E-state index in [1.165, 1.54) is 5.56 Å². The SMILES string of the molecule is Nc1cn(Cc2cc(Br)cc3c2OCC3)nn1. The minimum absolute atomic E-state index is 0.428. The van der Waals surface area contributed by atoms with E-state index in [-0.39, 0.29) is 0 Å². The number of nitrogen functional groups attached to an aromatic ring is 1. The van der Waals surface area contributed by atoms with Gasteiger partial charge in [-0.3, -0.25) is 0 Å². The zero-order chi connectivity index (χ0) is 11.8. The zero-order valence-electron chi connectivity index (χ0n) is 9.06. The lowest BCUT2D eigenvalue weighted by Crippen LogP contribution is -2.02. The molecule has 2 aromatic rings. The van der Waals surface area contributed by atoms with Crippen LogP contribution in [0.15, 0.2) is 22.8 Å². The molecule has 1 aliphatic rings. The Balaban J connectivity index is 1.98. The smallest absolute Gasteiger partial charge is 0.165 e. The molecule has 6 heteroatoms. The summed E-state index contributed by atoms with van der Waals surface area (Å²) in [4.78, 5) is 0. The number of hydrogen-bond acceptors (Lipinski definition) is 4. The summed E-state index contributed by atoms with van der Waals surface area (Å²) in [6.07, 6.45) is 2.67. The van der Waals surface area contributed by atoms with Gasteiger partial charge in [0.05, 0.1) is 19.3 Å². The Labute approximate surface area is 107 Å². The molecule has 0 radical (unpaired) electrons. The van der Waals surface area contributed by atoms with Crippen molar-refractivity contribution in [1.82, 2.24) is 15.0 Å². The first kappa shape index (κ1) is 10.6. The maximum Gasteiger partial charge on any atom is 0.165 e. The van der Waals surface area contributed by atoms with Crippen LogP contribution >= 0.6 is 15.9 Å². The highest BCUT2D eigenvalue weighted by molar-refractivity contribution is 9.10. The Hall–Kier alpha value is -1.56. The first-order valence-corrected chi connectivity index (χ1v) is 6.11. The number of halogens is 1. The first-order chi connectivity index (χ1) is 8.22. The van der Waals surface area contributed by atoms with Gasteiger partial charge in [-0.1, -0.05) is 21.1 Å².